The highest BCUT2D eigenvalue weighted by atomic mass is 32.9. The smallest absolute Gasteiger partial charge is 0.213 e. The number of carbonyl (C=O) groups excluding carboxylic acids is 1. The van der Waals surface area contributed by atoms with Gasteiger partial charge in [-0.15, -0.1) is 0 Å². The van der Waals surface area contributed by atoms with Crippen LogP contribution >= 0.6 is 17.0 Å². The molecule has 0 aliphatic carbocycles. The monoisotopic (exact) mass is 255 g/mol. The number of rotatable bonds is 6. The van der Waals surface area contributed by atoms with Crippen LogP contribution in [0.15, 0.2) is 0 Å². The lowest BCUT2D eigenvalue weighted by molar-refractivity contribution is -0.108. The minimum absolute atomic E-state index is 0.191. The first-order valence-electron chi connectivity index (χ1n) is 4.43. The van der Waals surface area contributed by atoms with E-state index in [0.717, 1.165) is 5.75 Å². The molecule has 0 aliphatic rings. The predicted molar refractivity (Wildman–Crippen MR) is 67.0 cm³/mol. The first-order chi connectivity index (χ1) is 6.33. The molecule has 3 nitrogen and oxygen atoms in total. The molecule has 1 unspecified atom stereocenters. The fraction of sp³-hybridized carbons (Fsp3) is 0.875. The lowest BCUT2D eigenvalue weighted by Gasteiger charge is -2.24. The number of amides is 1. The third kappa shape index (κ3) is 6.82. The lowest BCUT2D eigenvalue weighted by Crippen LogP contribution is -2.13. The van der Waals surface area contributed by atoms with Crippen molar-refractivity contribution in [2.45, 2.75) is 27.7 Å². The van der Waals surface area contributed by atoms with Crippen LogP contribution in [-0.4, -0.2) is 18.8 Å². The highest BCUT2D eigenvalue weighted by Crippen LogP contribution is 2.57. The van der Waals surface area contributed by atoms with Gasteiger partial charge in [-0.2, -0.15) is 0 Å². The van der Waals surface area contributed by atoms with E-state index in [1.54, 1.807) is 11.4 Å². The Morgan fingerprint density at radius 1 is 1.57 bits per heavy atom. The summed E-state index contributed by atoms with van der Waals surface area (Å²) in [6.07, 6.45) is 0.631. The molecule has 0 heterocycles. The topological polar surface area (TPSA) is 38.3 Å². The number of hydrogen-bond donors (Lipinski definition) is 1. The molecule has 0 aromatic heterocycles. The second kappa shape index (κ2) is 6.11. The van der Waals surface area contributed by atoms with Gasteiger partial charge in [0, 0.05) is 5.75 Å². The summed E-state index contributed by atoms with van der Waals surface area (Å²) in [5, 5.41) is 2.62. The molecule has 0 radical (unpaired) electrons. The molecule has 1 amide bonds. The van der Waals surface area contributed by atoms with Gasteiger partial charge in [0.25, 0.3) is 0 Å². The normalized spacial score (nSPS) is 16.0. The Morgan fingerprint density at radius 3 is 2.50 bits per heavy atom. The summed E-state index contributed by atoms with van der Waals surface area (Å²) in [5.74, 6) is 0.880. The minimum atomic E-state index is -2.18. The molecule has 0 aliphatic heterocycles. The Hall–Kier alpha value is 0.430. The maximum absolute atomic E-state index is 10.4. The van der Waals surface area contributed by atoms with Crippen molar-refractivity contribution in [3.63, 3.8) is 0 Å². The van der Waals surface area contributed by atoms with Gasteiger partial charge in [-0.3, -0.25) is 4.79 Å². The van der Waals surface area contributed by atoms with Gasteiger partial charge < -0.3 is 9.61 Å². The van der Waals surface area contributed by atoms with Crippen molar-refractivity contribution in [1.82, 2.24) is 5.09 Å². The van der Waals surface area contributed by atoms with Gasteiger partial charge in [0.2, 0.25) is 12.0 Å². The second-order valence-corrected chi connectivity index (χ2v) is 10.6. The summed E-state index contributed by atoms with van der Waals surface area (Å²) in [5.41, 5.74) is -1.99. The van der Waals surface area contributed by atoms with Gasteiger partial charge in [0.15, 0.2) is 0 Å². The number of carbonyl (C=O) groups is 1. The summed E-state index contributed by atoms with van der Waals surface area (Å²) in [4.78, 5) is 10.4. The summed E-state index contributed by atoms with van der Waals surface area (Å²) in [6.45, 7) is 8.81. The molecular weight excluding hydrogens is 237 g/mol. The Labute approximate surface area is 95.3 Å². The van der Waals surface area contributed by atoms with Gasteiger partial charge in [-0.25, -0.2) is 0 Å². The number of hydrogen-bond acceptors (Lipinski definition) is 4. The highest BCUT2D eigenvalue weighted by molar-refractivity contribution is 8.68. The number of nitrogens with one attached hydrogen (secondary N) is 1. The molecule has 6 heteroatoms. The third-order valence-corrected chi connectivity index (χ3v) is 7.15. The second-order valence-electron chi connectivity index (χ2n) is 4.00. The average molecular weight is 255 g/mol. The van der Waals surface area contributed by atoms with Crippen molar-refractivity contribution >= 4 is 35.2 Å². The molecule has 0 aromatic rings. The van der Waals surface area contributed by atoms with Gasteiger partial charge in [0.05, 0.1) is 6.61 Å². The van der Waals surface area contributed by atoms with E-state index in [4.69, 9.17) is 16.3 Å². The Bertz CT molecular complexity index is 228. The van der Waals surface area contributed by atoms with Crippen LogP contribution in [0.4, 0.5) is 0 Å². The summed E-state index contributed by atoms with van der Waals surface area (Å²) in [6, 6.07) is 0. The van der Waals surface area contributed by atoms with Crippen molar-refractivity contribution in [2.24, 2.45) is 5.41 Å². The largest absolute Gasteiger partial charge is 0.327 e. The standard InChI is InChI=1S/C8H18NO2PS2/c1-5-11-12(13,9-7-10)14-6-8(2,3)4/h7H,5-6H2,1-4H3,(H,9,10,13). The van der Waals surface area contributed by atoms with E-state index in [2.05, 4.69) is 25.9 Å². The van der Waals surface area contributed by atoms with Crippen LogP contribution in [-0.2, 0) is 21.1 Å². The SMILES string of the molecule is CCOP(=S)(NC=O)SCC(C)(C)C. The molecule has 0 fully saturated rings. The Balaban J connectivity index is 4.23. The molecule has 14 heavy (non-hydrogen) atoms. The van der Waals surface area contributed by atoms with Crippen LogP contribution < -0.4 is 5.09 Å². The van der Waals surface area contributed by atoms with E-state index >= 15 is 0 Å². The van der Waals surface area contributed by atoms with E-state index in [1.165, 1.54) is 0 Å². The highest BCUT2D eigenvalue weighted by Gasteiger charge is 2.21. The lowest BCUT2D eigenvalue weighted by atomic mass is 10.0. The Morgan fingerprint density at radius 2 is 2.14 bits per heavy atom. The van der Waals surface area contributed by atoms with Crippen molar-refractivity contribution in [1.29, 1.82) is 0 Å². The van der Waals surface area contributed by atoms with E-state index in [0.29, 0.717) is 13.0 Å². The van der Waals surface area contributed by atoms with Crippen molar-refractivity contribution in [3.8, 4) is 0 Å². The van der Waals surface area contributed by atoms with Gasteiger partial charge in [-0.1, -0.05) is 32.2 Å². The minimum Gasteiger partial charge on any atom is -0.327 e. The molecule has 0 spiro atoms. The van der Waals surface area contributed by atoms with Gasteiger partial charge in [-0.05, 0) is 24.1 Å². The molecular formula is C8H18NO2PS2. The van der Waals surface area contributed by atoms with Gasteiger partial charge >= 0.3 is 0 Å². The van der Waals surface area contributed by atoms with Crippen molar-refractivity contribution < 1.29 is 9.32 Å². The van der Waals surface area contributed by atoms with Crippen molar-refractivity contribution in [3.05, 3.63) is 0 Å². The molecule has 1 atom stereocenters. The van der Waals surface area contributed by atoms with Crippen LogP contribution in [0, 0.1) is 5.41 Å². The summed E-state index contributed by atoms with van der Waals surface area (Å²) in [7, 11) is 0. The zero-order valence-corrected chi connectivity index (χ0v) is 11.6. The van der Waals surface area contributed by atoms with Crippen LogP contribution in [0.25, 0.3) is 0 Å². The third-order valence-electron chi connectivity index (χ3n) is 1.18. The van der Waals surface area contributed by atoms with Crippen LogP contribution in [0.2, 0.25) is 0 Å². The molecule has 0 bridgehead atoms. The van der Waals surface area contributed by atoms with Crippen LogP contribution in [0.5, 0.6) is 0 Å². The predicted octanol–water partition coefficient (Wildman–Crippen LogP) is 2.77. The van der Waals surface area contributed by atoms with Crippen LogP contribution in [0.1, 0.15) is 27.7 Å². The fourth-order valence-electron chi connectivity index (χ4n) is 0.625. The van der Waals surface area contributed by atoms with E-state index in [-0.39, 0.29) is 5.41 Å². The summed E-state index contributed by atoms with van der Waals surface area (Å²) >= 11 is 6.82. The van der Waals surface area contributed by atoms with E-state index in [1.807, 2.05) is 6.92 Å². The fourth-order valence-corrected chi connectivity index (χ4v) is 5.36. The zero-order chi connectivity index (χ0) is 11.2. The maximum Gasteiger partial charge on any atom is 0.213 e. The molecule has 0 rings (SSSR count). The maximum atomic E-state index is 10.4. The average Bonchev–Trinajstić information content (AvgIpc) is 2.01. The molecule has 1 N–H and O–H groups in total. The Kier molecular flexibility index (Phi) is 6.30. The van der Waals surface area contributed by atoms with Crippen molar-refractivity contribution in [2.75, 3.05) is 12.4 Å². The molecule has 0 saturated carbocycles. The van der Waals surface area contributed by atoms with Crippen LogP contribution in [0.3, 0.4) is 0 Å². The molecule has 0 saturated heterocycles. The zero-order valence-electron chi connectivity index (χ0n) is 9.07. The van der Waals surface area contributed by atoms with Gasteiger partial charge in [0.1, 0.15) is 0 Å². The summed E-state index contributed by atoms with van der Waals surface area (Å²) < 4.78 is 5.41. The quantitative estimate of drug-likeness (QED) is 0.585. The molecule has 0 aromatic carbocycles. The van der Waals surface area contributed by atoms with E-state index < -0.39 is 5.62 Å². The first-order valence-corrected chi connectivity index (χ1v) is 8.74. The van der Waals surface area contributed by atoms with E-state index in [9.17, 15) is 4.79 Å². The first kappa shape index (κ1) is 14.4. The molecule has 84 valence electrons.